The molecule has 0 saturated carbocycles. The summed E-state index contributed by atoms with van der Waals surface area (Å²) in [5, 5.41) is 0. The summed E-state index contributed by atoms with van der Waals surface area (Å²) < 4.78 is 35.9. The van der Waals surface area contributed by atoms with Gasteiger partial charge in [0.25, 0.3) is 5.92 Å². The van der Waals surface area contributed by atoms with Crippen molar-refractivity contribution in [1.29, 1.82) is 0 Å². The molecule has 2 aliphatic heterocycles. The van der Waals surface area contributed by atoms with Crippen molar-refractivity contribution in [3.05, 3.63) is 64.2 Å². The first-order valence-electron chi connectivity index (χ1n) is 9.92. The Hall–Kier alpha value is -3.11. The Kier molecular flexibility index (Phi) is 5.59. The van der Waals surface area contributed by atoms with Gasteiger partial charge in [-0.3, -0.25) is 14.5 Å². The van der Waals surface area contributed by atoms with Crippen molar-refractivity contribution < 1.29 is 13.5 Å². The van der Waals surface area contributed by atoms with Crippen LogP contribution in [-0.2, 0) is 4.74 Å². The zero-order valence-corrected chi connectivity index (χ0v) is 17.0. The molecule has 2 aliphatic rings. The Bertz CT molecular complexity index is 1080. The lowest BCUT2D eigenvalue weighted by Crippen LogP contribution is -2.44. The van der Waals surface area contributed by atoms with E-state index in [4.69, 9.17) is 16.2 Å². The topological polar surface area (TPSA) is 112 Å². The molecule has 10 heteroatoms. The van der Waals surface area contributed by atoms with Crippen molar-refractivity contribution in [3.63, 3.8) is 0 Å². The van der Waals surface area contributed by atoms with E-state index in [1.807, 2.05) is 30.3 Å². The van der Waals surface area contributed by atoms with Crippen LogP contribution in [0.1, 0.15) is 24.6 Å². The Morgan fingerprint density at radius 1 is 1.29 bits per heavy atom. The molecule has 4 N–H and O–H groups in total. The van der Waals surface area contributed by atoms with Crippen molar-refractivity contribution >= 4 is 17.2 Å². The number of rotatable bonds is 3. The number of nitrogens with two attached hydrogens (primary N) is 2. The number of benzene rings is 1. The second kappa shape index (κ2) is 8.20. The van der Waals surface area contributed by atoms with Gasteiger partial charge in [-0.05, 0) is 23.6 Å². The van der Waals surface area contributed by atoms with Gasteiger partial charge in [0.15, 0.2) is 0 Å². The predicted molar refractivity (Wildman–Crippen MR) is 113 cm³/mol. The highest BCUT2D eigenvalue weighted by atomic mass is 19.3. The molecule has 8 nitrogen and oxygen atoms in total. The summed E-state index contributed by atoms with van der Waals surface area (Å²) in [6.07, 6.45) is -1.43. The third-order valence-corrected chi connectivity index (χ3v) is 5.64. The number of hydrogen-bond donors (Lipinski definition) is 2. The minimum absolute atomic E-state index is 0.0331. The summed E-state index contributed by atoms with van der Waals surface area (Å²) >= 11 is 0. The highest BCUT2D eigenvalue weighted by molar-refractivity contribution is 6.07. The number of aliphatic imine (C=N–C) groups is 1. The number of nitrogens with zero attached hydrogens (tertiary/aromatic N) is 4. The van der Waals surface area contributed by atoms with Gasteiger partial charge < -0.3 is 16.2 Å². The second-order valence-corrected chi connectivity index (χ2v) is 7.60. The highest BCUT2D eigenvalue weighted by Gasteiger charge is 2.53. The van der Waals surface area contributed by atoms with Gasteiger partial charge in [-0.1, -0.05) is 30.3 Å². The first-order valence-corrected chi connectivity index (χ1v) is 9.92. The number of halogens is 2. The first-order chi connectivity index (χ1) is 14.8. The molecule has 0 radical (unpaired) electrons. The molecule has 2 atom stereocenters. The van der Waals surface area contributed by atoms with Gasteiger partial charge in [-0.25, -0.2) is 13.6 Å². The van der Waals surface area contributed by atoms with E-state index in [2.05, 4.69) is 9.98 Å². The monoisotopic (exact) mass is 430 g/mol. The largest absolute Gasteiger partial charge is 0.398 e. The van der Waals surface area contributed by atoms with Crippen LogP contribution in [0.15, 0.2) is 58.0 Å². The smallest absolute Gasteiger partial charge is 0.351 e. The molecule has 0 bridgehead atoms. The van der Waals surface area contributed by atoms with Gasteiger partial charge in [0, 0.05) is 32.0 Å². The predicted octanol–water partition coefficient (Wildman–Crippen LogP) is 1.85. The molecule has 2 aromatic rings. The van der Waals surface area contributed by atoms with E-state index < -0.39 is 30.5 Å². The van der Waals surface area contributed by atoms with E-state index in [1.54, 1.807) is 11.9 Å². The summed E-state index contributed by atoms with van der Waals surface area (Å²) in [6.45, 7) is 0.798. The summed E-state index contributed by atoms with van der Waals surface area (Å²) in [7, 11) is 1.66. The van der Waals surface area contributed by atoms with Gasteiger partial charge in [0.2, 0.25) is 6.23 Å². The average molecular weight is 430 g/mol. The first kappa shape index (κ1) is 21.1. The molecule has 1 aromatic heterocycles. The van der Waals surface area contributed by atoms with Crippen LogP contribution in [0.25, 0.3) is 5.70 Å². The van der Waals surface area contributed by atoms with Crippen molar-refractivity contribution in [1.82, 2.24) is 14.5 Å². The molecule has 3 heterocycles. The molecule has 2 saturated heterocycles. The van der Waals surface area contributed by atoms with Crippen molar-refractivity contribution in [2.24, 2.45) is 10.7 Å². The molecule has 31 heavy (non-hydrogen) atoms. The number of alkyl halides is 2. The number of likely N-dealkylation sites (tertiary alicyclic amines) is 1. The zero-order valence-electron chi connectivity index (χ0n) is 17.0. The Balaban J connectivity index is 1.55. The van der Waals surface area contributed by atoms with Crippen LogP contribution in [0, 0.1) is 0 Å². The fourth-order valence-electron chi connectivity index (χ4n) is 4.02. The molecule has 1 aromatic carbocycles. The zero-order chi connectivity index (χ0) is 22.2. The van der Waals surface area contributed by atoms with Crippen molar-refractivity contribution in [2.45, 2.75) is 31.2 Å². The van der Waals surface area contributed by atoms with Crippen LogP contribution in [0.2, 0.25) is 0 Å². The van der Waals surface area contributed by atoms with Crippen LogP contribution >= 0.6 is 0 Å². The third kappa shape index (κ3) is 4.08. The van der Waals surface area contributed by atoms with Gasteiger partial charge >= 0.3 is 5.69 Å². The minimum atomic E-state index is -3.24. The van der Waals surface area contributed by atoms with Crippen LogP contribution in [0.3, 0.4) is 0 Å². The molecule has 164 valence electrons. The molecular formula is C21H24F2N6O2. The van der Waals surface area contributed by atoms with Gasteiger partial charge in [0.1, 0.15) is 12.0 Å². The van der Waals surface area contributed by atoms with Crippen LogP contribution in [0.4, 0.5) is 14.6 Å². The number of ether oxygens (including phenoxy) is 1. The van der Waals surface area contributed by atoms with E-state index in [9.17, 15) is 13.6 Å². The normalized spacial score (nSPS) is 26.9. The Labute approximate surface area is 177 Å². The fourth-order valence-corrected chi connectivity index (χ4v) is 4.02. The summed E-state index contributed by atoms with van der Waals surface area (Å²) in [6, 6.07) is 10.9. The molecule has 0 spiro atoms. The lowest BCUT2D eigenvalue weighted by Gasteiger charge is -2.34. The number of hydrogen-bond acceptors (Lipinski definition) is 7. The number of anilines is 1. The summed E-state index contributed by atoms with van der Waals surface area (Å²) in [5.41, 5.74) is 14.1. The maximum atomic E-state index is 14.8. The molecular weight excluding hydrogens is 406 g/mol. The number of nitrogen functional groups attached to an aromatic ring is 1. The standard InChI is InChI=1S/C21H24F2N6O2/c1-26-15-12-28(9-7-14(15)18(25)13-5-3-2-4-6-13)17-11-21(22,23)19(31-17)29-10-8-16(24)27-20(29)30/h2-6,8,10,17,19H,7,9,11-12,25H2,1H3,(H2,24,27,30)/t17?,19-/m1/s1. The molecule has 0 aliphatic carbocycles. The molecule has 4 rings (SSSR count). The SMILES string of the molecule is CN=C1CN(C2CC(F)(F)[C@H](n3ccc(N)nc3=O)O2)CCC1=C(N)c1ccccc1. The maximum absolute atomic E-state index is 14.8. The van der Waals surface area contributed by atoms with E-state index in [0.717, 1.165) is 21.4 Å². The van der Waals surface area contributed by atoms with Gasteiger partial charge in [-0.15, -0.1) is 0 Å². The number of piperidine rings is 1. The number of aromatic nitrogens is 2. The summed E-state index contributed by atoms with van der Waals surface area (Å²) in [5.74, 6) is -3.27. The van der Waals surface area contributed by atoms with Crippen LogP contribution in [0.5, 0.6) is 0 Å². The van der Waals surface area contributed by atoms with Gasteiger partial charge in [0.05, 0.1) is 12.1 Å². The maximum Gasteiger partial charge on any atom is 0.351 e. The fraction of sp³-hybridized carbons (Fsp3) is 0.381. The molecule has 1 unspecified atom stereocenters. The van der Waals surface area contributed by atoms with E-state index >= 15 is 0 Å². The van der Waals surface area contributed by atoms with Crippen molar-refractivity contribution in [3.8, 4) is 0 Å². The quantitative estimate of drug-likeness (QED) is 0.769. The summed E-state index contributed by atoms with van der Waals surface area (Å²) in [4.78, 5) is 21.7. The van der Waals surface area contributed by atoms with E-state index in [-0.39, 0.29) is 5.82 Å². The second-order valence-electron chi connectivity index (χ2n) is 7.60. The average Bonchev–Trinajstić information content (AvgIpc) is 3.08. The Morgan fingerprint density at radius 3 is 2.71 bits per heavy atom. The minimum Gasteiger partial charge on any atom is -0.398 e. The van der Waals surface area contributed by atoms with Crippen molar-refractivity contribution in [2.75, 3.05) is 25.9 Å². The Morgan fingerprint density at radius 2 is 2.03 bits per heavy atom. The van der Waals surface area contributed by atoms with Crippen LogP contribution in [-0.4, -0.2) is 52.5 Å². The lowest BCUT2D eigenvalue weighted by molar-refractivity contribution is -0.134. The molecule has 2 fully saturated rings. The van der Waals surface area contributed by atoms with Gasteiger partial charge in [-0.2, -0.15) is 4.98 Å². The third-order valence-electron chi connectivity index (χ3n) is 5.64. The molecule has 0 amide bonds. The van der Waals surface area contributed by atoms with E-state index in [1.165, 1.54) is 12.3 Å². The lowest BCUT2D eigenvalue weighted by atomic mass is 9.95. The highest BCUT2D eigenvalue weighted by Crippen LogP contribution is 2.43. The van der Waals surface area contributed by atoms with Crippen LogP contribution < -0.4 is 17.2 Å². The van der Waals surface area contributed by atoms with E-state index in [0.29, 0.717) is 25.2 Å².